The zero-order valence-corrected chi connectivity index (χ0v) is 10.7. The van der Waals surface area contributed by atoms with Crippen molar-refractivity contribution >= 4 is 17.3 Å². The fourth-order valence-corrected chi connectivity index (χ4v) is 1.79. The van der Waals surface area contributed by atoms with Crippen LogP contribution in [0.3, 0.4) is 0 Å². The van der Waals surface area contributed by atoms with Gasteiger partial charge in [0.25, 0.3) is 0 Å². The Morgan fingerprint density at radius 3 is 2.67 bits per heavy atom. The number of carboxylic acid groups (broad SMARTS) is 1. The van der Waals surface area contributed by atoms with Crippen LogP contribution in [-0.2, 0) is 0 Å². The standard InChI is InChI=1S/C13H19FN2O2/c1-3-4-5-6-16(2)12-8-10(14)9(13(17)18)7-11(12)15/h7-8H,3-6,15H2,1-2H3,(H,17,18). The van der Waals surface area contributed by atoms with Crippen LogP contribution in [0.4, 0.5) is 15.8 Å². The lowest BCUT2D eigenvalue weighted by atomic mass is 10.1. The van der Waals surface area contributed by atoms with Gasteiger partial charge in [-0.1, -0.05) is 19.8 Å². The van der Waals surface area contributed by atoms with E-state index < -0.39 is 17.3 Å². The minimum atomic E-state index is -1.31. The molecule has 0 aliphatic rings. The highest BCUT2D eigenvalue weighted by atomic mass is 19.1. The van der Waals surface area contributed by atoms with Gasteiger partial charge in [0.05, 0.1) is 16.9 Å². The number of nitrogens with two attached hydrogens (primary N) is 1. The highest BCUT2D eigenvalue weighted by Gasteiger charge is 2.15. The zero-order valence-electron chi connectivity index (χ0n) is 10.7. The molecule has 0 atom stereocenters. The number of hydrogen-bond acceptors (Lipinski definition) is 3. The van der Waals surface area contributed by atoms with Crippen molar-refractivity contribution in [2.24, 2.45) is 0 Å². The number of halogens is 1. The van der Waals surface area contributed by atoms with Gasteiger partial charge in [-0.15, -0.1) is 0 Å². The quantitative estimate of drug-likeness (QED) is 0.605. The lowest BCUT2D eigenvalue weighted by Crippen LogP contribution is -2.20. The minimum absolute atomic E-state index is 0.285. The summed E-state index contributed by atoms with van der Waals surface area (Å²) >= 11 is 0. The van der Waals surface area contributed by atoms with Gasteiger partial charge in [-0.3, -0.25) is 0 Å². The second kappa shape index (κ2) is 6.23. The maximum atomic E-state index is 13.6. The fraction of sp³-hybridized carbons (Fsp3) is 0.462. The zero-order chi connectivity index (χ0) is 13.7. The molecule has 100 valence electrons. The van der Waals surface area contributed by atoms with E-state index in [4.69, 9.17) is 10.8 Å². The molecule has 1 aromatic rings. The lowest BCUT2D eigenvalue weighted by Gasteiger charge is -2.21. The molecule has 1 rings (SSSR count). The molecule has 18 heavy (non-hydrogen) atoms. The number of carbonyl (C=O) groups is 1. The summed E-state index contributed by atoms with van der Waals surface area (Å²) in [4.78, 5) is 12.6. The maximum absolute atomic E-state index is 13.6. The summed E-state index contributed by atoms with van der Waals surface area (Å²) in [6, 6.07) is 2.36. The molecular formula is C13H19FN2O2. The third kappa shape index (κ3) is 3.35. The van der Waals surface area contributed by atoms with Gasteiger partial charge < -0.3 is 15.7 Å². The van der Waals surface area contributed by atoms with Crippen molar-refractivity contribution in [1.29, 1.82) is 0 Å². The largest absolute Gasteiger partial charge is 0.478 e. The molecule has 0 saturated heterocycles. The number of carboxylic acids is 1. The van der Waals surface area contributed by atoms with Crippen LogP contribution < -0.4 is 10.6 Å². The Hall–Kier alpha value is -1.78. The molecule has 0 spiro atoms. The summed E-state index contributed by atoms with van der Waals surface area (Å²) in [7, 11) is 1.82. The monoisotopic (exact) mass is 254 g/mol. The van der Waals surface area contributed by atoms with Crippen LogP contribution in [0.15, 0.2) is 12.1 Å². The van der Waals surface area contributed by atoms with Gasteiger partial charge in [-0.25, -0.2) is 9.18 Å². The highest BCUT2D eigenvalue weighted by Crippen LogP contribution is 2.26. The number of nitrogens with zero attached hydrogens (tertiary/aromatic N) is 1. The Labute approximate surface area is 106 Å². The van der Waals surface area contributed by atoms with E-state index in [0.29, 0.717) is 5.69 Å². The molecule has 0 aliphatic heterocycles. The van der Waals surface area contributed by atoms with Crippen LogP contribution in [0.5, 0.6) is 0 Å². The molecule has 3 N–H and O–H groups in total. The van der Waals surface area contributed by atoms with Gasteiger partial charge in [0.2, 0.25) is 0 Å². The highest BCUT2D eigenvalue weighted by molar-refractivity contribution is 5.90. The van der Waals surface area contributed by atoms with Crippen LogP contribution in [0.1, 0.15) is 36.5 Å². The molecule has 0 fully saturated rings. The summed E-state index contributed by atoms with van der Waals surface area (Å²) < 4.78 is 13.6. The molecule has 0 bridgehead atoms. The van der Waals surface area contributed by atoms with Crippen LogP contribution >= 0.6 is 0 Å². The molecule has 0 heterocycles. The molecule has 0 unspecified atom stereocenters. The van der Waals surface area contributed by atoms with Crippen LogP contribution in [-0.4, -0.2) is 24.7 Å². The molecule has 0 aromatic heterocycles. The minimum Gasteiger partial charge on any atom is -0.478 e. The van der Waals surface area contributed by atoms with Crippen molar-refractivity contribution in [2.75, 3.05) is 24.2 Å². The topological polar surface area (TPSA) is 66.6 Å². The fourth-order valence-electron chi connectivity index (χ4n) is 1.79. The number of aromatic carboxylic acids is 1. The van der Waals surface area contributed by atoms with Gasteiger partial charge in [0.15, 0.2) is 0 Å². The molecule has 5 heteroatoms. The second-order valence-corrected chi connectivity index (χ2v) is 4.32. The first-order chi connectivity index (χ1) is 8.47. The Balaban J connectivity index is 2.90. The first-order valence-corrected chi connectivity index (χ1v) is 6.00. The number of nitrogen functional groups attached to an aromatic ring is 1. The Bertz CT molecular complexity index is 435. The first-order valence-electron chi connectivity index (χ1n) is 6.00. The summed E-state index contributed by atoms with van der Waals surface area (Å²) in [5.74, 6) is -2.06. The summed E-state index contributed by atoms with van der Waals surface area (Å²) in [6.45, 7) is 2.87. The Kier molecular flexibility index (Phi) is 4.95. The molecule has 4 nitrogen and oxygen atoms in total. The predicted octanol–water partition coefficient (Wildman–Crippen LogP) is 2.73. The molecule has 0 radical (unpaired) electrons. The van der Waals surface area contributed by atoms with Gasteiger partial charge in [-0.05, 0) is 12.5 Å². The van der Waals surface area contributed by atoms with Gasteiger partial charge >= 0.3 is 5.97 Å². The number of rotatable bonds is 6. The van der Waals surface area contributed by atoms with Crippen molar-refractivity contribution in [3.05, 3.63) is 23.5 Å². The van der Waals surface area contributed by atoms with Crippen molar-refractivity contribution < 1.29 is 14.3 Å². The molecule has 0 amide bonds. The SMILES string of the molecule is CCCCCN(C)c1cc(F)c(C(=O)O)cc1N. The Morgan fingerprint density at radius 1 is 1.44 bits per heavy atom. The van der Waals surface area contributed by atoms with Crippen molar-refractivity contribution in [3.8, 4) is 0 Å². The number of hydrogen-bond donors (Lipinski definition) is 2. The predicted molar refractivity (Wildman–Crippen MR) is 70.6 cm³/mol. The Morgan fingerprint density at radius 2 is 2.11 bits per heavy atom. The van der Waals surface area contributed by atoms with E-state index in [2.05, 4.69) is 6.92 Å². The molecular weight excluding hydrogens is 235 g/mol. The van der Waals surface area contributed by atoms with E-state index in [-0.39, 0.29) is 5.69 Å². The van der Waals surface area contributed by atoms with E-state index in [0.717, 1.165) is 25.8 Å². The van der Waals surface area contributed by atoms with E-state index in [1.54, 1.807) is 0 Å². The third-order valence-corrected chi connectivity index (χ3v) is 2.86. The maximum Gasteiger partial charge on any atom is 0.338 e. The smallest absolute Gasteiger partial charge is 0.338 e. The summed E-state index contributed by atoms with van der Waals surface area (Å²) in [6.07, 6.45) is 3.20. The van der Waals surface area contributed by atoms with E-state index in [9.17, 15) is 9.18 Å². The first kappa shape index (κ1) is 14.3. The van der Waals surface area contributed by atoms with Gasteiger partial charge in [0.1, 0.15) is 5.82 Å². The molecule has 0 saturated carbocycles. The van der Waals surface area contributed by atoms with Gasteiger partial charge in [-0.2, -0.15) is 0 Å². The molecule has 0 aliphatic carbocycles. The van der Waals surface area contributed by atoms with Crippen molar-refractivity contribution in [2.45, 2.75) is 26.2 Å². The van der Waals surface area contributed by atoms with Crippen LogP contribution in [0, 0.1) is 5.82 Å². The van der Waals surface area contributed by atoms with Crippen molar-refractivity contribution in [1.82, 2.24) is 0 Å². The number of unbranched alkanes of at least 4 members (excludes halogenated alkanes) is 2. The van der Waals surface area contributed by atoms with E-state index in [1.165, 1.54) is 12.1 Å². The van der Waals surface area contributed by atoms with Crippen molar-refractivity contribution in [3.63, 3.8) is 0 Å². The van der Waals surface area contributed by atoms with E-state index >= 15 is 0 Å². The number of anilines is 2. The average molecular weight is 254 g/mol. The van der Waals surface area contributed by atoms with Crippen LogP contribution in [0.2, 0.25) is 0 Å². The van der Waals surface area contributed by atoms with Crippen LogP contribution in [0.25, 0.3) is 0 Å². The average Bonchev–Trinajstić information content (AvgIpc) is 2.31. The summed E-state index contributed by atoms with van der Waals surface area (Å²) in [5.41, 5.74) is 6.19. The lowest BCUT2D eigenvalue weighted by molar-refractivity contribution is 0.0692. The number of benzene rings is 1. The van der Waals surface area contributed by atoms with E-state index in [1.807, 2.05) is 11.9 Å². The third-order valence-electron chi connectivity index (χ3n) is 2.86. The normalized spacial score (nSPS) is 10.4. The molecule has 1 aromatic carbocycles. The summed E-state index contributed by atoms with van der Waals surface area (Å²) in [5, 5.41) is 8.78. The second-order valence-electron chi connectivity index (χ2n) is 4.32. The van der Waals surface area contributed by atoms with Gasteiger partial charge in [0, 0.05) is 19.7 Å².